The first-order valence-corrected chi connectivity index (χ1v) is 9.93. The monoisotopic (exact) mass is 359 g/mol. The lowest BCUT2D eigenvalue weighted by molar-refractivity contribution is 0.225. The standard InChI is InChI=1S/C18H21N3OS2/c1-10-7-8-19-9-14-15(10)16(17(24-14)20-11(2)22)18-21-12-5-3-4-6-13(12)23-18/h3-6,10-11,19-20,22H,7-9H2,1-2H3. The Kier molecular flexibility index (Phi) is 4.30. The molecule has 3 N–H and O–H groups in total. The summed E-state index contributed by atoms with van der Waals surface area (Å²) in [6.45, 7) is 5.99. The highest BCUT2D eigenvalue weighted by atomic mass is 32.1. The number of aliphatic hydroxyl groups excluding tert-OH is 1. The highest BCUT2D eigenvalue weighted by molar-refractivity contribution is 7.22. The van der Waals surface area contributed by atoms with Crippen LogP contribution >= 0.6 is 22.7 Å². The minimum absolute atomic E-state index is 0.484. The van der Waals surface area contributed by atoms with Crippen LogP contribution in [0.3, 0.4) is 0 Å². The van der Waals surface area contributed by atoms with E-state index in [-0.39, 0.29) is 0 Å². The second-order valence-corrected chi connectivity index (χ2v) is 8.45. The zero-order chi connectivity index (χ0) is 16.7. The van der Waals surface area contributed by atoms with Crippen molar-refractivity contribution in [2.24, 2.45) is 0 Å². The molecule has 0 bridgehead atoms. The number of thiophene rings is 1. The van der Waals surface area contributed by atoms with Crippen molar-refractivity contribution in [1.82, 2.24) is 10.3 Å². The van der Waals surface area contributed by atoms with E-state index in [4.69, 9.17) is 4.98 Å². The van der Waals surface area contributed by atoms with E-state index in [0.29, 0.717) is 5.92 Å². The summed E-state index contributed by atoms with van der Waals surface area (Å²) in [6.07, 6.45) is 0.541. The number of aliphatic hydroxyl groups is 1. The lowest BCUT2D eigenvalue weighted by atomic mass is 9.95. The Morgan fingerprint density at radius 2 is 2.17 bits per heavy atom. The van der Waals surface area contributed by atoms with Gasteiger partial charge in [-0.15, -0.1) is 22.7 Å². The van der Waals surface area contributed by atoms with Gasteiger partial charge in [0.15, 0.2) is 0 Å². The zero-order valence-corrected chi connectivity index (χ0v) is 15.4. The predicted molar refractivity (Wildman–Crippen MR) is 103 cm³/mol. The minimum Gasteiger partial charge on any atom is -0.374 e. The quantitative estimate of drug-likeness (QED) is 0.608. The van der Waals surface area contributed by atoms with Gasteiger partial charge in [-0.3, -0.25) is 0 Å². The third-order valence-corrected chi connectivity index (χ3v) is 6.59. The third kappa shape index (κ3) is 2.84. The molecule has 1 aromatic carbocycles. The van der Waals surface area contributed by atoms with Gasteiger partial charge in [0, 0.05) is 17.0 Å². The topological polar surface area (TPSA) is 57.2 Å². The van der Waals surface area contributed by atoms with Crippen molar-refractivity contribution < 1.29 is 5.11 Å². The van der Waals surface area contributed by atoms with Crippen molar-refractivity contribution in [2.45, 2.75) is 39.0 Å². The summed E-state index contributed by atoms with van der Waals surface area (Å²) in [6, 6.07) is 8.27. The van der Waals surface area contributed by atoms with E-state index in [0.717, 1.165) is 35.0 Å². The average molecular weight is 360 g/mol. The lowest BCUT2D eigenvalue weighted by Crippen LogP contribution is -2.13. The van der Waals surface area contributed by atoms with E-state index >= 15 is 0 Å². The van der Waals surface area contributed by atoms with Crippen LogP contribution in [0.1, 0.15) is 36.6 Å². The van der Waals surface area contributed by atoms with Gasteiger partial charge in [-0.2, -0.15) is 0 Å². The van der Waals surface area contributed by atoms with Gasteiger partial charge in [-0.05, 0) is 43.5 Å². The number of anilines is 1. The van der Waals surface area contributed by atoms with Crippen LogP contribution in [0.4, 0.5) is 5.00 Å². The van der Waals surface area contributed by atoms with Gasteiger partial charge in [0.25, 0.3) is 0 Å². The van der Waals surface area contributed by atoms with Crippen LogP contribution in [-0.2, 0) is 6.54 Å². The molecule has 2 atom stereocenters. The second-order valence-electron chi connectivity index (χ2n) is 6.32. The molecule has 0 fully saturated rings. The third-order valence-electron chi connectivity index (χ3n) is 4.40. The van der Waals surface area contributed by atoms with Gasteiger partial charge in [-0.25, -0.2) is 4.98 Å². The number of para-hydroxylation sites is 1. The number of hydrogen-bond acceptors (Lipinski definition) is 6. The minimum atomic E-state index is -0.580. The molecule has 2 unspecified atom stereocenters. The summed E-state index contributed by atoms with van der Waals surface area (Å²) in [4.78, 5) is 6.24. The van der Waals surface area contributed by atoms with Gasteiger partial charge in [0.2, 0.25) is 0 Å². The molecule has 0 aliphatic carbocycles. The van der Waals surface area contributed by atoms with E-state index in [9.17, 15) is 5.11 Å². The van der Waals surface area contributed by atoms with Gasteiger partial charge in [0.05, 0.1) is 10.2 Å². The Bertz CT molecular complexity index is 835. The highest BCUT2D eigenvalue weighted by Crippen LogP contribution is 2.47. The molecular formula is C18H21N3OS2. The van der Waals surface area contributed by atoms with Crippen LogP contribution in [0.2, 0.25) is 0 Å². The van der Waals surface area contributed by atoms with E-state index in [2.05, 4.69) is 35.8 Å². The van der Waals surface area contributed by atoms with Crippen molar-refractivity contribution in [3.63, 3.8) is 0 Å². The van der Waals surface area contributed by atoms with Crippen molar-refractivity contribution >= 4 is 37.9 Å². The van der Waals surface area contributed by atoms with Gasteiger partial charge < -0.3 is 15.7 Å². The number of thiazole rings is 1. The summed E-state index contributed by atoms with van der Waals surface area (Å²) in [5, 5.41) is 18.7. The molecule has 4 rings (SSSR count). The molecule has 3 heterocycles. The molecule has 1 aliphatic heterocycles. The molecule has 0 saturated carbocycles. The number of fused-ring (bicyclic) bond motifs is 2. The molecule has 24 heavy (non-hydrogen) atoms. The zero-order valence-electron chi connectivity index (χ0n) is 13.8. The number of aromatic nitrogens is 1. The molecule has 2 aromatic heterocycles. The fourth-order valence-electron chi connectivity index (χ4n) is 3.29. The summed E-state index contributed by atoms with van der Waals surface area (Å²) in [5.74, 6) is 0.484. The first kappa shape index (κ1) is 16.0. The van der Waals surface area contributed by atoms with Crippen LogP contribution < -0.4 is 10.6 Å². The molecule has 3 aromatic rings. The van der Waals surface area contributed by atoms with E-state index in [1.807, 2.05) is 6.07 Å². The number of hydrogen-bond donors (Lipinski definition) is 3. The summed E-state index contributed by atoms with van der Waals surface area (Å²) < 4.78 is 1.20. The summed E-state index contributed by atoms with van der Waals surface area (Å²) in [5.41, 5.74) is 3.63. The van der Waals surface area contributed by atoms with Crippen LogP contribution in [0.25, 0.3) is 20.8 Å². The van der Waals surface area contributed by atoms with Crippen LogP contribution in [-0.4, -0.2) is 22.9 Å². The number of rotatable bonds is 3. The number of nitrogens with one attached hydrogen (secondary N) is 2. The first-order chi connectivity index (χ1) is 11.6. The summed E-state index contributed by atoms with van der Waals surface area (Å²) >= 11 is 3.48. The fourth-order valence-corrected chi connectivity index (χ4v) is 5.76. The second kappa shape index (κ2) is 6.44. The predicted octanol–water partition coefficient (Wildman–Crippen LogP) is 4.37. The Morgan fingerprint density at radius 3 is 2.96 bits per heavy atom. The maximum Gasteiger partial charge on any atom is 0.127 e. The Balaban J connectivity index is 1.92. The molecule has 1 aliphatic rings. The van der Waals surface area contributed by atoms with E-state index in [1.165, 1.54) is 20.7 Å². The molecule has 0 spiro atoms. The molecular weight excluding hydrogens is 338 g/mol. The van der Waals surface area contributed by atoms with Crippen LogP contribution in [0.5, 0.6) is 0 Å². The number of nitrogens with zero attached hydrogens (tertiary/aromatic N) is 1. The molecule has 0 radical (unpaired) electrons. The largest absolute Gasteiger partial charge is 0.374 e. The maximum atomic E-state index is 9.86. The summed E-state index contributed by atoms with van der Waals surface area (Å²) in [7, 11) is 0. The Hall–Kier alpha value is -1.47. The van der Waals surface area contributed by atoms with Crippen molar-refractivity contribution in [1.29, 1.82) is 0 Å². The lowest BCUT2D eigenvalue weighted by Gasteiger charge is -2.13. The van der Waals surface area contributed by atoms with E-state index in [1.54, 1.807) is 29.6 Å². The van der Waals surface area contributed by atoms with Gasteiger partial charge in [-0.1, -0.05) is 19.1 Å². The van der Waals surface area contributed by atoms with Crippen LogP contribution in [0, 0.1) is 0 Å². The number of benzene rings is 1. The fraction of sp³-hybridized carbons (Fsp3) is 0.389. The SMILES string of the molecule is CC(O)Nc1sc2c(c1-c1nc3ccccc3s1)C(C)CCNC2. The smallest absolute Gasteiger partial charge is 0.127 e. The first-order valence-electron chi connectivity index (χ1n) is 8.30. The normalized spacial score (nSPS) is 19.0. The molecule has 0 saturated heterocycles. The molecule has 4 nitrogen and oxygen atoms in total. The Labute approximate surface area is 149 Å². The molecule has 0 amide bonds. The highest BCUT2D eigenvalue weighted by Gasteiger charge is 2.27. The van der Waals surface area contributed by atoms with Crippen molar-refractivity contribution in [2.75, 3.05) is 11.9 Å². The van der Waals surface area contributed by atoms with Crippen molar-refractivity contribution in [3.05, 3.63) is 34.7 Å². The Morgan fingerprint density at radius 1 is 1.33 bits per heavy atom. The van der Waals surface area contributed by atoms with Crippen molar-refractivity contribution in [3.8, 4) is 10.6 Å². The van der Waals surface area contributed by atoms with Gasteiger partial charge in [0.1, 0.15) is 16.2 Å². The molecule has 126 valence electrons. The van der Waals surface area contributed by atoms with Crippen LogP contribution in [0.15, 0.2) is 24.3 Å². The average Bonchev–Trinajstić information content (AvgIpc) is 3.06. The molecule has 6 heteroatoms. The maximum absolute atomic E-state index is 9.86. The van der Waals surface area contributed by atoms with Gasteiger partial charge >= 0.3 is 0 Å². The van der Waals surface area contributed by atoms with E-state index < -0.39 is 6.23 Å².